The van der Waals surface area contributed by atoms with Crippen LogP contribution in [0.5, 0.6) is 0 Å². The van der Waals surface area contributed by atoms with E-state index in [0.29, 0.717) is 32.1 Å². The molecule has 0 fully saturated rings. The van der Waals surface area contributed by atoms with Gasteiger partial charge in [-0.1, -0.05) is 204 Å². The van der Waals surface area contributed by atoms with E-state index >= 15 is 0 Å². The van der Waals surface area contributed by atoms with Crippen LogP contribution in [-0.2, 0) is 14.4 Å². The first-order valence-electron chi connectivity index (χ1n) is 26.0. The molecular weight excluding hydrogens is 757 g/mol. The number of Topliss-reactive ketones (excluding diaryl/α,β-unsaturated/α-hetero) is 3. The first-order valence-corrected chi connectivity index (χ1v) is 26.0. The van der Waals surface area contributed by atoms with E-state index < -0.39 is 36.4 Å². The van der Waals surface area contributed by atoms with E-state index in [1.165, 1.54) is 103 Å². The molecule has 0 heterocycles. The summed E-state index contributed by atoms with van der Waals surface area (Å²) in [5.74, 6) is -3.31. The van der Waals surface area contributed by atoms with Crippen LogP contribution in [-0.4, -0.2) is 51.5 Å². The van der Waals surface area contributed by atoms with Gasteiger partial charge in [0.2, 0.25) is 0 Å². The van der Waals surface area contributed by atoms with Crippen molar-refractivity contribution in [3.8, 4) is 0 Å². The maximum Gasteiger partial charge on any atom is 0.175 e. The summed E-state index contributed by atoms with van der Waals surface area (Å²) in [6.07, 6.45) is 51.9. The zero-order valence-corrected chi connectivity index (χ0v) is 40.2. The molecular formula is C55H98O6. The highest BCUT2D eigenvalue weighted by atomic mass is 16.4. The van der Waals surface area contributed by atoms with Gasteiger partial charge in [0, 0.05) is 18.8 Å². The molecule has 0 saturated carbocycles. The number of unbranched alkanes of at least 4 members (excludes halogenated alkanes) is 26. The zero-order valence-electron chi connectivity index (χ0n) is 40.2. The standard InChI is InChI=1S/C55H98O6/c1-4-7-10-13-16-19-22-25-26-29-31-34-37-40-43-46-50(57)49(45-42-39-36-33-30-27-23-20-17-14-11-8-5-2)53(55(61)54(60)52(59)48-56)51(58)47-44-41-38-35-32-28-24-21-18-15-12-9-6-3/h16-17,19-20,25-27,30,49,52-54,56,59-60H,4-15,18,21-24,28-29,31-48H2,1-3H3/b19-16-,20-17-,26-25-,30-27-. The summed E-state index contributed by atoms with van der Waals surface area (Å²) in [5, 5.41) is 30.6. The van der Waals surface area contributed by atoms with Crippen LogP contribution in [0.4, 0.5) is 0 Å². The minimum Gasteiger partial charge on any atom is -0.394 e. The lowest BCUT2D eigenvalue weighted by molar-refractivity contribution is -0.149. The Balaban J connectivity index is 5.29. The second-order valence-corrected chi connectivity index (χ2v) is 17.9. The molecule has 0 amide bonds. The maximum absolute atomic E-state index is 14.0. The van der Waals surface area contributed by atoms with Crippen molar-refractivity contribution < 1.29 is 29.7 Å². The van der Waals surface area contributed by atoms with Crippen molar-refractivity contribution in [3.63, 3.8) is 0 Å². The smallest absolute Gasteiger partial charge is 0.175 e. The summed E-state index contributed by atoms with van der Waals surface area (Å²) in [5.41, 5.74) is 0. The SMILES string of the molecule is CCCCC/C=C\C/C=C\CCCCCCCC(=O)C(CCCCC/C=C\C/C=C\CCCCC)C(C(=O)CCCCCCCCCCCCCCC)C(=O)C(O)C(O)CO. The third-order valence-corrected chi connectivity index (χ3v) is 12.2. The molecule has 0 spiro atoms. The Morgan fingerprint density at radius 3 is 1.15 bits per heavy atom. The number of aliphatic hydroxyl groups excluding tert-OH is 3. The highest BCUT2D eigenvalue weighted by Gasteiger charge is 2.41. The van der Waals surface area contributed by atoms with Gasteiger partial charge < -0.3 is 15.3 Å². The second kappa shape index (κ2) is 45.9. The van der Waals surface area contributed by atoms with E-state index in [2.05, 4.69) is 69.4 Å². The van der Waals surface area contributed by atoms with E-state index in [1.54, 1.807) is 0 Å². The van der Waals surface area contributed by atoms with Crippen molar-refractivity contribution in [1.82, 2.24) is 0 Å². The van der Waals surface area contributed by atoms with E-state index in [0.717, 1.165) is 89.9 Å². The van der Waals surface area contributed by atoms with Crippen LogP contribution in [0.15, 0.2) is 48.6 Å². The van der Waals surface area contributed by atoms with E-state index in [1.807, 2.05) is 0 Å². The molecule has 0 bridgehead atoms. The molecule has 0 radical (unpaired) electrons. The number of carbonyl (C=O) groups is 3. The number of allylic oxidation sites excluding steroid dienone is 8. The fraction of sp³-hybridized carbons (Fsp3) is 0.800. The first kappa shape index (κ1) is 58.9. The van der Waals surface area contributed by atoms with Gasteiger partial charge in [0.15, 0.2) is 5.78 Å². The molecule has 6 nitrogen and oxygen atoms in total. The fourth-order valence-corrected chi connectivity index (χ4v) is 8.16. The summed E-state index contributed by atoms with van der Waals surface area (Å²) in [6.45, 7) is 5.91. The van der Waals surface area contributed by atoms with Crippen molar-refractivity contribution in [3.05, 3.63) is 48.6 Å². The lowest BCUT2D eigenvalue weighted by Gasteiger charge is -2.27. The first-order chi connectivity index (χ1) is 29.8. The van der Waals surface area contributed by atoms with Gasteiger partial charge in [0.05, 0.1) is 12.5 Å². The third kappa shape index (κ3) is 35.9. The Morgan fingerprint density at radius 2 is 0.738 bits per heavy atom. The Morgan fingerprint density at radius 1 is 0.410 bits per heavy atom. The molecule has 4 unspecified atom stereocenters. The quantitative estimate of drug-likeness (QED) is 0.0319. The Kier molecular flexibility index (Phi) is 44.2. The van der Waals surface area contributed by atoms with Gasteiger partial charge in [0.25, 0.3) is 0 Å². The highest BCUT2D eigenvalue weighted by Crippen LogP contribution is 2.29. The molecule has 0 rings (SSSR count). The molecule has 354 valence electrons. The molecule has 0 saturated heterocycles. The van der Waals surface area contributed by atoms with Crippen molar-refractivity contribution >= 4 is 17.3 Å². The predicted octanol–water partition coefficient (Wildman–Crippen LogP) is 15.0. The topological polar surface area (TPSA) is 112 Å². The van der Waals surface area contributed by atoms with Crippen molar-refractivity contribution in [2.45, 2.75) is 264 Å². The average Bonchev–Trinajstić information content (AvgIpc) is 3.26. The van der Waals surface area contributed by atoms with Crippen LogP contribution in [0.2, 0.25) is 0 Å². The summed E-state index contributed by atoms with van der Waals surface area (Å²) in [6, 6.07) is 0. The molecule has 0 aliphatic heterocycles. The van der Waals surface area contributed by atoms with Crippen LogP contribution in [0.3, 0.4) is 0 Å². The minimum absolute atomic E-state index is 0.0842. The Bertz CT molecular complexity index is 1120. The molecule has 4 atom stereocenters. The normalized spacial score (nSPS) is 14.2. The zero-order chi connectivity index (χ0) is 44.9. The molecule has 6 heteroatoms. The Labute approximate surface area is 377 Å². The lowest BCUT2D eigenvalue weighted by atomic mass is 9.75. The van der Waals surface area contributed by atoms with Gasteiger partial charge in [-0.2, -0.15) is 0 Å². The number of aliphatic hydroxyl groups is 3. The summed E-state index contributed by atoms with van der Waals surface area (Å²) in [4.78, 5) is 41.7. The molecule has 0 aromatic heterocycles. The van der Waals surface area contributed by atoms with E-state index in [-0.39, 0.29) is 18.0 Å². The summed E-state index contributed by atoms with van der Waals surface area (Å²) in [7, 11) is 0. The van der Waals surface area contributed by atoms with Crippen molar-refractivity contribution in [2.24, 2.45) is 11.8 Å². The Hall–Kier alpha value is -2.15. The second-order valence-electron chi connectivity index (χ2n) is 17.9. The van der Waals surface area contributed by atoms with Gasteiger partial charge in [-0.25, -0.2) is 0 Å². The largest absolute Gasteiger partial charge is 0.394 e. The highest BCUT2D eigenvalue weighted by molar-refractivity contribution is 6.08. The summed E-state index contributed by atoms with van der Waals surface area (Å²) >= 11 is 0. The van der Waals surface area contributed by atoms with Crippen LogP contribution in [0.1, 0.15) is 252 Å². The van der Waals surface area contributed by atoms with Crippen LogP contribution in [0.25, 0.3) is 0 Å². The monoisotopic (exact) mass is 855 g/mol. The molecule has 0 aromatic carbocycles. The van der Waals surface area contributed by atoms with E-state index in [4.69, 9.17) is 0 Å². The fourth-order valence-electron chi connectivity index (χ4n) is 8.16. The molecule has 3 N–H and O–H groups in total. The third-order valence-electron chi connectivity index (χ3n) is 12.2. The average molecular weight is 855 g/mol. The molecule has 0 aliphatic carbocycles. The predicted molar refractivity (Wildman–Crippen MR) is 261 cm³/mol. The maximum atomic E-state index is 14.0. The van der Waals surface area contributed by atoms with Crippen LogP contribution < -0.4 is 0 Å². The van der Waals surface area contributed by atoms with Crippen LogP contribution in [0, 0.1) is 11.8 Å². The molecule has 0 aliphatic rings. The van der Waals surface area contributed by atoms with Gasteiger partial charge in [0.1, 0.15) is 23.8 Å². The lowest BCUT2D eigenvalue weighted by Crippen LogP contribution is -2.46. The minimum atomic E-state index is -1.90. The molecule has 0 aromatic rings. The van der Waals surface area contributed by atoms with Crippen molar-refractivity contribution in [1.29, 1.82) is 0 Å². The van der Waals surface area contributed by atoms with Gasteiger partial charge in [-0.05, 0) is 83.5 Å². The number of hydrogen-bond acceptors (Lipinski definition) is 6. The number of hydrogen-bond donors (Lipinski definition) is 3. The molecule has 61 heavy (non-hydrogen) atoms. The number of rotatable bonds is 47. The van der Waals surface area contributed by atoms with Gasteiger partial charge in [-0.3, -0.25) is 14.4 Å². The van der Waals surface area contributed by atoms with Gasteiger partial charge in [-0.15, -0.1) is 0 Å². The summed E-state index contributed by atoms with van der Waals surface area (Å²) < 4.78 is 0. The number of carbonyl (C=O) groups excluding carboxylic acids is 3. The van der Waals surface area contributed by atoms with Crippen molar-refractivity contribution in [2.75, 3.05) is 6.61 Å². The number of ketones is 3. The van der Waals surface area contributed by atoms with E-state index in [9.17, 15) is 29.7 Å². The van der Waals surface area contributed by atoms with Crippen LogP contribution >= 0.6 is 0 Å². The van der Waals surface area contributed by atoms with Gasteiger partial charge >= 0.3 is 0 Å².